The Morgan fingerprint density at radius 2 is 1.77 bits per heavy atom. The van der Waals surface area contributed by atoms with Gasteiger partial charge in [0.25, 0.3) is 5.91 Å². The Bertz CT molecular complexity index is 1230. The van der Waals surface area contributed by atoms with Crippen molar-refractivity contribution < 1.29 is 17.9 Å². The van der Waals surface area contributed by atoms with Gasteiger partial charge in [-0.15, -0.1) is 0 Å². The van der Waals surface area contributed by atoms with Crippen LogP contribution in [0.15, 0.2) is 41.3 Å². The molecule has 0 radical (unpaired) electrons. The van der Waals surface area contributed by atoms with Crippen LogP contribution in [0.25, 0.3) is 10.2 Å². The van der Waals surface area contributed by atoms with Gasteiger partial charge in [0, 0.05) is 18.7 Å². The van der Waals surface area contributed by atoms with Crippen LogP contribution >= 0.6 is 11.3 Å². The van der Waals surface area contributed by atoms with E-state index < -0.39 is 10.0 Å². The maximum absolute atomic E-state index is 13.0. The second-order valence-corrected chi connectivity index (χ2v) is 11.0. The number of nitrogens with one attached hydrogen (secondary N) is 1. The zero-order valence-electron chi connectivity index (χ0n) is 17.9. The summed E-state index contributed by atoms with van der Waals surface area (Å²) >= 11 is 1.42. The van der Waals surface area contributed by atoms with E-state index in [0.717, 1.165) is 21.3 Å². The molecule has 164 valence electrons. The summed E-state index contributed by atoms with van der Waals surface area (Å²) in [6.45, 7) is 8.36. The number of rotatable bonds is 4. The molecule has 3 aromatic rings. The minimum Gasteiger partial charge on any atom is -0.373 e. The van der Waals surface area contributed by atoms with Crippen LogP contribution in [0.2, 0.25) is 0 Å². The number of ether oxygens (including phenoxy) is 1. The first-order valence-corrected chi connectivity index (χ1v) is 12.3. The number of aromatic nitrogens is 1. The third-order valence-electron chi connectivity index (χ3n) is 5.19. The van der Waals surface area contributed by atoms with Crippen LogP contribution in [0.4, 0.5) is 5.13 Å². The Hall–Kier alpha value is -2.33. The summed E-state index contributed by atoms with van der Waals surface area (Å²) in [6, 6.07) is 10.1. The molecule has 0 saturated carbocycles. The van der Waals surface area contributed by atoms with Gasteiger partial charge in [-0.05, 0) is 69.2 Å². The summed E-state index contributed by atoms with van der Waals surface area (Å²) in [4.78, 5) is 17.4. The number of nitrogens with zero attached hydrogens (tertiary/aromatic N) is 2. The molecule has 0 spiro atoms. The Kier molecular flexibility index (Phi) is 5.87. The molecule has 9 heteroatoms. The molecule has 4 rings (SSSR count). The van der Waals surface area contributed by atoms with Crippen LogP contribution in [-0.4, -0.2) is 48.9 Å². The smallest absolute Gasteiger partial charge is 0.257 e. The Balaban J connectivity index is 1.51. The number of benzene rings is 2. The lowest BCUT2D eigenvalue weighted by molar-refractivity contribution is -0.0440. The van der Waals surface area contributed by atoms with Gasteiger partial charge in [-0.25, -0.2) is 13.4 Å². The fourth-order valence-electron chi connectivity index (χ4n) is 3.85. The lowest BCUT2D eigenvalue weighted by atomic mass is 10.1. The molecule has 31 heavy (non-hydrogen) atoms. The molecule has 1 N–H and O–H groups in total. The van der Waals surface area contributed by atoms with Crippen LogP contribution in [0.1, 0.15) is 35.3 Å². The highest BCUT2D eigenvalue weighted by atomic mass is 32.2. The van der Waals surface area contributed by atoms with Crippen molar-refractivity contribution in [2.24, 2.45) is 0 Å². The number of hydrogen-bond donors (Lipinski definition) is 1. The lowest BCUT2D eigenvalue weighted by Crippen LogP contribution is -2.48. The van der Waals surface area contributed by atoms with Gasteiger partial charge in [0.2, 0.25) is 10.0 Å². The van der Waals surface area contributed by atoms with Crippen LogP contribution in [0.5, 0.6) is 0 Å². The zero-order valence-corrected chi connectivity index (χ0v) is 19.5. The molecule has 2 atom stereocenters. The number of hydrogen-bond acceptors (Lipinski definition) is 6. The van der Waals surface area contributed by atoms with Gasteiger partial charge in [-0.3, -0.25) is 10.1 Å². The average Bonchev–Trinajstić information content (AvgIpc) is 3.10. The van der Waals surface area contributed by atoms with E-state index in [0.29, 0.717) is 23.8 Å². The van der Waals surface area contributed by atoms with Gasteiger partial charge < -0.3 is 4.74 Å². The quantitative estimate of drug-likeness (QED) is 0.638. The molecule has 1 aliphatic rings. The number of thiazole rings is 1. The van der Waals surface area contributed by atoms with Crippen molar-refractivity contribution in [1.82, 2.24) is 9.29 Å². The van der Waals surface area contributed by atoms with Gasteiger partial charge >= 0.3 is 0 Å². The monoisotopic (exact) mass is 459 g/mol. The van der Waals surface area contributed by atoms with E-state index in [-0.39, 0.29) is 23.0 Å². The third-order valence-corrected chi connectivity index (χ3v) is 7.95. The van der Waals surface area contributed by atoms with E-state index in [2.05, 4.69) is 16.4 Å². The fourth-order valence-corrected chi connectivity index (χ4v) is 6.48. The highest BCUT2D eigenvalue weighted by molar-refractivity contribution is 7.89. The van der Waals surface area contributed by atoms with Crippen molar-refractivity contribution in [1.29, 1.82) is 0 Å². The first-order chi connectivity index (χ1) is 14.6. The van der Waals surface area contributed by atoms with Crippen molar-refractivity contribution in [2.45, 2.75) is 44.8 Å². The van der Waals surface area contributed by atoms with E-state index in [4.69, 9.17) is 4.74 Å². The molecule has 7 nitrogen and oxygen atoms in total. The summed E-state index contributed by atoms with van der Waals surface area (Å²) in [7, 11) is -3.64. The maximum Gasteiger partial charge on any atom is 0.257 e. The van der Waals surface area contributed by atoms with Crippen LogP contribution in [0.3, 0.4) is 0 Å². The fraction of sp³-hybridized carbons (Fsp3) is 0.364. The summed E-state index contributed by atoms with van der Waals surface area (Å²) in [5.74, 6) is -0.328. The molecule has 2 heterocycles. The van der Waals surface area contributed by atoms with Crippen molar-refractivity contribution in [3.8, 4) is 0 Å². The molecule has 1 aromatic heterocycles. The number of aryl methyl sites for hydroxylation is 2. The number of morpholine rings is 1. The minimum atomic E-state index is -3.64. The molecule has 2 aromatic carbocycles. The van der Waals surface area contributed by atoms with Crippen molar-refractivity contribution in [3.05, 3.63) is 53.1 Å². The standard InChI is InChI=1S/C22H25N3O4S2/c1-13-9-14(2)20-19(10-13)30-22(23-20)24-21(26)17-5-7-18(8-6-17)31(27,28)25-11-15(3)29-16(4)12-25/h5-10,15-16H,11-12H2,1-4H3,(H,23,24,26). The predicted octanol–water partition coefficient (Wildman–Crippen LogP) is 3.96. The van der Waals surface area contributed by atoms with E-state index in [9.17, 15) is 13.2 Å². The SMILES string of the molecule is Cc1cc(C)c2nc(NC(=O)c3ccc(S(=O)(=O)N4CC(C)OC(C)C4)cc3)sc2c1. The maximum atomic E-state index is 13.0. The van der Waals surface area contributed by atoms with E-state index in [1.54, 1.807) is 0 Å². The average molecular weight is 460 g/mol. The summed E-state index contributed by atoms with van der Waals surface area (Å²) in [5.41, 5.74) is 3.46. The number of sulfonamides is 1. The van der Waals surface area contributed by atoms with Gasteiger partial charge in [0.15, 0.2) is 5.13 Å². The topological polar surface area (TPSA) is 88.6 Å². The molecular formula is C22H25N3O4S2. The number of anilines is 1. The van der Waals surface area contributed by atoms with E-state index in [1.165, 1.54) is 39.9 Å². The Morgan fingerprint density at radius 1 is 1.13 bits per heavy atom. The molecule has 0 aliphatic carbocycles. The number of fused-ring (bicyclic) bond motifs is 1. The number of carbonyl (C=O) groups is 1. The van der Waals surface area contributed by atoms with Gasteiger partial charge in [0.05, 0.1) is 27.3 Å². The van der Waals surface area contributed by atoms with Crippen LogP contribution in [0, 0.1) is 13.8 Å². The first kappa shape index (κ1) is 21.9. The molecule has 2 unspecified atom stereocenters. The Labute approximate surface area is 186 Å². The summed E-state index contributed by atoms with van der Waals surface area (Å²) in [5, 5.41) is 3.34. The molecule has 1 amide bonds. The van der Waals surface area contributed by atoms with Gasteiger partial charge in [-0.1, -0.05) is 17.4 Å². The lowest BCUT2D eigenvalue weighted by Gasteiger charge is -2.34. The highest BCUT2D eigenvalue weighted by Gasteiger charge is 2.32. The highest BCUT2D eigenvalue weighted by Crippen LogP contribution is 2.29. The van der Waals surface area contributed by atoms with Gasteiger partial charge in [-0.2, -0.15) is 4.31 Å². The van der Waals surface area contributed by atoms with Crippen LogP contribution in [-0.2, 0) is 14.8 Å². The number of amides is 1. The summed E-state index contributed by atoms with van der Waals surface area (Å²) in [6.07, 6.45) is -0.324. The third kappa shape index (κ3) is 4.50. The van der Waals surface area contributed by atoms with Crippen molar-refractivity contribution in [3.63, 3.8) is 0 Å². The first-order valence-electron chi connectivity index (χ1n) is 10.1. The molecule has 1 aliphatic heterocycles. The van der Waals surface area contributed by atoms with Crippen molar-refractivity contribution >= 4 is 42.6 Å². The van der Waals surface area contributed by atoms with E-state index in [1.807, 2.05) is 33.8 Å². The summed E-state index contributed by atoms with van der Waals surface area (Å²) < 4.78 is 34.0. The molecule has 1 saturated heterocycles. The minimum absolute atomic E-state index is 0.162. The normalized spacial score (nSPS) is 20.1. The van der Waals surface area contributed by atoms with Gasteiger partial charge in [0.1, 0.15) is 0 Å². The predicted molar refractivity (Wildman–Crippen MR) is 122 cm³/mol. The second-order valence-electron chi connectivity index (χ2n) is 8.01. The van der Waals surface area contributed by atoms with Crippen LogP contribution < -0.4 is 5.32 Å². The largest absolute Gasteiger partial charge is 0.373 e. The number of carbonyl (C=O) groups excluding carboxylic acids is 1. The zero-order chi connectivity index (χ0) is 22.3. The second kappa shape index (κ2) is 8.31. The molecule has 1 fully saturated rings. The molecular weight excluding hydrogens is 434 g/mol. The molecule has 0 bridgehead atoms. The Morgan fingerprint density at radius 3 is 2.42 bits per heavy atom. The van der Waals surface area contributed by atoms with Crippen molar-refractivity contribution in [2.75, 3.05) is 18.4 Å². The van der Waals surface area contributed by atoms with E-state index >= 15 is 0 Å².